The molecular formula is C12H19N. The summed E-state index contributed by atoms with van der Waals surface area (Å²) in [6, 6.07) is 0. The summed E-state index contributed by atoms with van der Waals surface area (Å²) in [6.45, 7) is 2.08. The Kier molecular flexibility index (Phi) is 4.37. The maximum atomic E-state index is 3.22. The fourth-order valence-corrected chi connectivity index (χ4v) is 1.61. The Bertz CT molecular complexity index is 223. The van der Waals surface area contributed by atoms with Crippen LogP contribution in [0, 0.1) is 5.92 Å². The minimum atomic E-state index is 0.726. The lowest BCUT2D eigenvalue weighted by atomic mass is 9.93. The summed E-state index contributed by atoms with van der Waals surface area (Å²) in [5.41, 5.74) is 1.35. The van der Waals surface area contributed by atoms with Gasteiger partial charge in [-0.3, -0.25) is 0 Å². The molecule has 1 N–H and O–H groups in total. The molecule has 0 fully saturated rings. The third-order valence-corrected chi connectivity index (χ3v) is 2.42. The summed E-state index contributed by atoms with van der Waals surface area (Å²) in [5.74, 6) is 0.726. The van der Waals surface area contributed by atoms with Gasteiger partial charge >= 0.3 is 0 Å². The molecule has 0 unspecified atom stereocenters. The van der Waals surface area contributed by atoms with E-state index in [9.17, 15) is 0 Å². The number of allylic oxidation sites excluding steroid dienone is 6. The van der Waals surface area contributed by atoms with Gasteiger partial charge in [0, 0.05) is 12.7 Å². The van der Waals surface area contributed by atoms with Crippen LogP contribution in [0.25, 0.3) is 0 Å². The summed E-state index contributed by atoms with van der Waals surface area (Å²) in [4.78, 5) is 0. The Hall–Kier alpha value is -0.980. The molecule has 0 aromatic rings. The molecule has 1 aliphatic rings. The Morgan fingerprint density at radius 3 is 3.15 bits per heavy atom. The first-order valence-corrected chi connectivity index (χ1v) is 5.03. The van der Waals surface area contributed by atoms with Crippen molar-refractivity contribution in [2.24, 2.45) is 5.92 Å². The van der Waals surface area contributed by atoms with E-state index in [0.717, 1.165) is 5.92 Å². The summed E-state index contributed by atoms with van der Waals surface area (Å²) in [6.07, 6.45) is 14.6. The van der Waals surface area contributed by atoms with Crippen LogP contribution >= 0.6 is 0 Å². The maximum Gasteiger partial charge on any atom is 0.0110 e. The monoisotopic (exact) mass is 177 g/mol. The van der Waals surface area contributed by atoms with Crippen molar-refractivity contribution in [3.05, 3.63) is 36.1 Å². The molecule has 0 saturated heterocycles. The van der Waals surface area contributed by atoms with Crippen LogP contribution in [-0.4, -0.2) is 7.05 Å². The Morgan fingerprint density at radius 1 is 1.62 bits per heavy atom. The fraction of sp³-hybridized carbons (Fsp3) is 0.500. The van der Waals surface area contributed by atoms with Gasteiger partial charge in [-0.2, -0.15) is 0 Å². The van der Waals surface area contributed by atoms with Crippen LogP contribution in [0.4, 0.5) is 0 Å². The van der Waals surface area contributed by atoms with Crippen LogP contribution in [0.3, 0.4) is 0 Å². The molecule has 1 heteroatoms. The first kappa shape index (κ1) is 10.1. The lowest BCUT2D eigenvalue weighted by molar-refractivity contribution is 0.569. The van der Waals surface area contributed by atoms with Gasteiger partial charge in [-0.25, -0.2) is 0 Å². The van der Waals surface area contributed by atoms with Crippen molar-refractivity contribution < 1.29 is 0 Å². The van der Waals surface area contributed by atoms with E-state index in [4.69, 9.17) is 0 Å². The van der Waals surface area contributed by atoms with Gasteiger partial charge in [-0.1, -0.05) is 24.3 Å². The van der Waals surface area contributed by atoms with Gasteiger partial charge in [-0.15, -0.1) is 0 Å². The zero-order valence-corrected chi connectivity index (χ0v) is 8.59. The molecule has 0 spiro atoms. The van der Waals surface area contributed by atoms with E-state index >= 15 is 0 Å². The third-order valence-electron chi connectivity index (χ3n) is 2.42. The minimum absolute atomic E-state index is 0.726. The molecule has 0 aromatic heterocycles. The largest absolute Gasteiger partial charge is 0.391 e. The first-order valence-electron chi connectivity index (χ1n) is 5.03. The highest BCUT2D eigenvalue weighted by Crippen LogP contribution is 2.21. The molecule has 0 bridgehead atoms. The van der Waals surface area contributed by atoms with Gasteiger partial charge in [0.25, 0.3) is 0 Å². The SMILES string of the molecule is C/C=C\CC[C@@H]1C=CC=C(NC)C1. The van der Waals surface area contributed by atoms with Crippen LogP contribution in [-0.2, 0) is 0 Å². The Morgan fingerprint density at radius 2 is 2.46 bits per heavy atom. The molecule has 1 atom stereocenters. The summed E-state index contributed by atoms with van der Waals surface area (Å²) >= 11 is 0. The van der Waals surface area contributed by atoms with Crippen molar-refractivity contribution in [2.45, 2.75) is 26.2 Å². The van der Waals surface area contributed by atoms with E-state index in [2.05, 4.69) is 42.6 Å². The zero-order valence-electron chi connectivity index (χ0n) is 8.59. The third kappa shape index (κ3) is 3.49. The normalized spacial score (nSPS) is 22.0. The number of nitrogens with one attached hydrogen (secondary N) is 1. The average molecular weight is 177 g/mol. The smallest absolute Gasteiger partial charge is 0.0110 e. The molecule has 0 aromatic carbocycles. The lowest BCUT2D eigenvalue weighted by Gasteiger charge is -2.17. The number of rotatable bonds is 4. The minimum Gasteiger partial charge on any atom is -0.391 e. The molecule has 1 rings (SSSR count). The molecule has 0 aliphatic heterocycles. The Labute approximate surface area is 81.2 Å². The second-order valence-electron chi connectivity index (χ2n) is 3.44. The van der Waals surface area contributed by atoms with E-state index in [0.29, 0.717) is 0 Å². The van der Waals surface area contributed by atoms with E-state index in [1.165, 1.54) is 25.0 Å². The van der Waals surface area contributed by atoms with Crippen molar-refractivity contribution in [1.82, 2.24) is 5.32 Å². The highest BCUT2D eigenvalue weighted by molar-refractivity contribution is 5.18. The van der Waals surface area contributed by atoms with Crippen molar-refractivity contribution in [1.29, 1.82) is 0 Å². The van der Waals surface area contributed by atoms with Gasteiger partial charge in [0.1, 0.15) is 0 Å². The second-order valence-corrected chi connectivity index (χ2v) is 3.44. The van der Waals surface area contributed by atoms with Crippen molar-refractivity contribution in [3.63, 3.8) is 0 Å². The summed E-state index contributed by atoms with van der Waals surface area (Å²) in [5, 5.41) is 3.22. The van der Waals surface area contributed by atoms with Gasteiger partial charge < -0.3 is 5.32 Å². The highest BCUT2D eigenvalue weighted by atomic mass is 14.8. The predicted octanol–water partition coefficient (Wildman–Crippen LogP) is 3.02. The van der Waals surface area contributed by atoms with Crippen LogP contribution < -0.4 is 5.32 Å². The first-order chi connectivity index (χ1) is 6.36. The van der Waals surface area contributed by atoms with Crippen molar-refractivity contribution in [2.75, 3.05) is 7.05 Å². The van der Waals surface area contributed by atoms with E-state index < -0.39 is 0 Å². The Balaban J connectivity index is 2.31. The lowest BCUT2D eigenvalue weighted by Crippen LogP contribution is -2.12. The molecule has 0 heterocycles. The summed E-state index contributed by atoms with van der Waals surface area (Å²) < 4.78 is 0. The van der Waals surface area contributed by atoms with Gasteiger partial charge in [0.2, 0.25) is 0 Å². The number of hydrogen-bond donors (Lipinski definition) is 1. The molecule has 1 aliphatic carbocycles. The molecule has 0 saturated carbocycles. The molecule has 72 valence electrons. The quantitative estimate of drug-likeness (QED) is 0.651. The van der Waals surface area contributed by atoms with Crippen LogP contribution in [0.15, 0.2) is 36.1 Å². The predicted molar refractivity (Wildman–Crippen MR) is 58.4 cm³/mol. The molecule has 0 amide bonds. The zero-order chi connectivity index (χ0) is 9.52. The van der Waals surface area contributed by atoms with E-state index in [1.807, 2.05) is 7.05 Å². The van der Waals surface area contributed by atoms with Crippen molar-refractivity contribution >= 4 is 0 Å². The second kappa shape index (κ2) is 5.63. The number of hydrogen-bond acceptors (Lipinski definition) is 1. The van der Waals surface area contributed by atoms with E-state index in [-0.39, 0.29) is 0 Å². The van der Waals surface area contributed by atoms with Crippen LogP contribution in [0.5, 0.6) is 0 Å². The van der Waals surface area contributed by atoms with Crippen LogP contribution in [0.2, 0.25) is 0 Å². The van der Waals surface area contributed by atoms with Gasteiger partial charge in [-0.05, 0) is 38.2 Å². The van der Waals surface area contributed by atoms with E-state index in [1.54, 1.807) is 0 Å². The topological polar surface area (TPSA) is 12.0 Å². The highest BCUT2D eigenvalue weighted by Gasteiger charge is 2.08. The van der Waals surface area contributed by atoms with Crippen molar-refractivity contribution in [3.8, 4) is 0 Å². The fourth-order valence-electron chi connectivity index (χ4n) is 1.61. The van der Waals surface area contributed by atoms with Gasteiger partial charge in [0.05, 0.1) is 0 Å². The molecule has 0 radical (unpaired) electrons. The average Bonchev–Trinajstić information content (AvgIpc) is 2.19. The molecule has 1 nitrogen and oxygen atoms in total. The van der Waals surface area contributed by atoms with Crippen LogP contribution in [0.1, 0.15) is 26.2 Å². The molecular weight excluding hydrogens is 158 g/mol. The van der Waals surface area contributed by atoms with Gasteiger partial charge in [0.15, 0.2) is 0 Å². The molecule has 13 heavy (non-hydrogen) atoms. The maximum absolute atomic E-state index is 3.22. The summed E-state index contributed by atoms with van der Waals surface area (Å²) in [7, 11) is 1.99. The standard InChI is InChI=1S/C12H19N/c1-3-4-5-7-11-8-6-9-12(10-11)13-2/h3-4,6,8-9,11,13H,5,7,10H2,1-2H3/b4-3-/t11-/m1/s1.